The molecule has 1 saturated heterocycles. The Morgan fingerprint density at radius 2 is 1.58 bits per heavy atom. The first-order valence-electron chi connectivity index (χ1n) is 21.0. The number of hydrogen-bond donors (Lipinski definition) is 5. The normalized spacial score (nSPS) is 21.0. The Morgan fingerprint density at radius 3 is 2.22 bits per heavy atom. The number of nitrogen functional groups attached to an aromatic ring is 1. The minimum atomic E-state index is -5.92. The summed E-state index contributed by atoms with van der Waals surface area (Å²) < 4.78 is 60.8. The zero-order chi connectivity index (χ0) is 47.7. The lowest BCUT2D eigenvalue weighted by atomic mass is 9.87. The Kier molecular flexibility index (Phi) is 22.9. The highest BCUT2D eigenvalue weighted by Gasteiger charge is 2.47. The van der Waals surface area contributed by atoms with Crippen LogP contribution in [0.5, 0.6) is 0 Å². The maximum Gasteiger partial charge on any atom is 0.274 e. The molecule has 0 radical (unpaired) electrons. The number of aromatic nitrogens is 4. The highest BCUT2D eigenvalue weighted by Crippen LogP contribution is 2.56. The van der Waals surface area contributed by atoms with Crippen molar-refractivity contribution in [3.8, 4) is 0 Å². The monoisotopic (exact) mass is 987 g/mol. The number of hydrogen-bond acceptors (Lipinski definition) is 22. The van der Waals surface area contributed by atoms with Crippen LogP contribution in [0, 0.1) is 11.3 Å². The quantitative estimate of drug-likeness (QED) is 0.0521. The van der Waals surface area contributed by atoms with E-state index in [2.05, 4.69) is 50.4 Å². The smallest absolute Gasteiger partial charge is 0.274 e. The molecule has 2 amide bonds. The molecule has 1 fully saturated rings. The first-order chi connectivity index (χ1) is 30.0. The third-order valence-corrected chi connectivity index (χ3v) is 14.2. The number of aliphatic hydroxyl groups is 2. The van der Waals surface area contributed by atoms with E-state index >= 15 is 0 Å². The molecule has 8 atom stereocenters. The van der Waals surface area contributed by atoms with Crippen molar-refractivity contribution >= 4 is 69.1 Å². The van der Waals surface area contributed by atoms with Crippen LogP contribution in [-0.2, 0) is 50.7 Å². The predicted octanol–water partition coefficient (Wildman–Crippen LogP) is 1.08. The largest absolute Gasteiger partial charge is 0.790 e. The van der Waals surface area contributed by atoms with Crippen molar-refractivity contribution in [2.24, 2.45) is 11.3 Å². The Labute approximate surface area is 376 Å². The number of unbranched alkanes of at least 4 members (excludes halogenated alkanes) is 9. The van der Waals surface area contributed by atoms with Gasteiger partial charge < -0.3 is 69.0 Å². The number of carbonyl (C=O) groups excluding carboxylic acids is 3. The molecule has 0 bridgehead atoms. The second-order valence-electron chi connectivity index (χ2n) is 16.0. The van der Waals surface area contributed by atoms with Gasteiger partial charge in [0.1, 0.15) is 36.3 Å². The van der Waals surface area contributed by atoms with Gasteiger partial charge in [-0.25, -0.2) is 19.3 Å². The van der Waals surface area contributed by atoms with Gasteiger partial charge in [0.15, 0.2) is 22.8 Å². The lowest BCUT2D eigenvalue weighted by Crippen LogP contribution is -2.46. The van der Waals surface area contributed by atoms with Crippen LogP contribution in [0.15, 0.2) is 12.7 Å². The second-order valence-corrected chi connectivity index (χ2v) is 21.2. The van der Waals surface area contributed by atoms with Gasteiger partial charge in [-0.05, 0) is 6.42 Å². The summed E-state index contributed by atoms with van der Waals surface area (Å²) >= 11 is 1.15. The Balaban J connectivity index is 1.36. The first kappa shape index (κ1) is 55.9. The van der Waals surface area contributed by atoms with E-state index in [4.69, 9.17) is 10.5 Å². The van der Waals surface area contributed by atoms with Crippen LogP contribution in [-0.4, -0.2) is 103 Å². The molecular weight excluding hydrogens is 927 g/mol. The summed E-state index contributed by atoms with van der Waals surface area (Å²) in [4.78, 5) is 97.1. The van der Waals surface area contributed by atoms with Gasteiger partial charge in [0, 0.05) is 36.6 Å². The van der Waals surface area contributed by atoms with Gasteiger partial charge in [-0.15, -0.1) is 0 Å². The van der Waals surface area contributed by atoms with Crippen LogP contribution in [0.2, 0.25) is 0 Å². The summed E-state index contributed by atoms with van der Waals surface area (Å²) in [6.07, 6.45) is 5.45. The number of nitrogens with one attached hydrogen (secondary N) is 2. The molecule has 3 rings (SSSR count). The molecule has 0 aromatic carbocycles. The third kappa shape index (κ3) is 19.0. The number of imidazole rings is 1. The predicted molar refractivity (Wildman–Crippen MR) is 224 cm³/mol. The SMILES string of the molecule is CCCCCCCCCCCC[C@H](C)C(=O)SCCNC(=O)CCNC(=O)[C@H](O)C(C)(C)COP(=O)([O-])OP(=O)([O-])OC[C@H]1O[C@@H](n2cnc3c(N)ncnc32)[C@H](O)[C@@H]1OP(=O)([O-])[O-]. The molecule has 2 unspecified atom stereocenters. The van der Waals surface area contributed by atoms with Crippen LogP contribution >= 0.6 is 35.2 Å². The number of aliphatic hydroxyl groups excluding tert-OH is 2. The Hall–Kier alpha value is -2.44. The van der Waals surface area contributed by atoms with E-state index in [9.17, 15) is 57.9 Å². The van der Waals surface area contributed by atoms with Crippen molar-refractivity contribution in [2.75, 3.05) is 37.8 Å². The van der Waals surface area contributed by atoms with Gasteiger partial charge in [0.05, 0.1) is 27.4 Å². The van der Waals surface area contributed by atoms with Crippen molar-refractivity contribution in [2.45, 2.75) is 135 Å². The summed E-state index contributed by atoms with van der Waals surface area (Å²) in [5.41, 5.74) is 4.09. The number of thioether (sulfide) groups is 1. The molecule has 0 aliphatic carbocycles. The van der Waals surface area contributed by atoms with Gasteiger partial charge in [-0.1, -0.05) is 104 Å². The number of rotatable bonds is 31. The van der Waals surface area contributed by atoms with Crippen molar-refractivity contribution in [3.05, 3.63) is 12.7 Å². The van der Waals surface area contributed by atoms with Crippen LogP contribution < -0.4 is 35.9 Å². The fourth-order valence-electron chi connectivity index (χ4n) is 6.46. The molecule has 28 heteroatoms. The number of carbonyl (C=O) groups is 3. The number of amides is 2. The molecular formula is C36H60N7O17P3S-4. The van der Waals surface area contributed by atoms with E-state index in [1.54, 1.807) is 0 Å². The fraction of sp³-hybridized carbons (Fsp3) is 0.778. The molecule has 1 aliphatic heterocycles. The number of phosphoric acid groups is 3. The van der Waals surface area contributed by atoms with E-state index in [0.717, 1.165) is 48.2 Å². The topological polar surface area (TPSA) is 375 Å². The highest BCUT2D eigenvalue weighted by atomic mass is 32.2. The number of anilines is 1. The lowest BCUT2D eigenvalue weighted by molar-refractivity contribution is -0.347. The zero-order valence-corrected chi connectivity index (χ0v) is 39.8. The van der Waals surface area contributed by atoms with Gasteiger partial charge in [0.25, 0.3) is 15.6 Å². The fourth-order valence-corrected chi connectivity index (χ4v) is 10.0. The Morgan fingerprint density at radius 1 is 0.953 bits per heavy atom. The average molecular weight is 988 g/mol. The average Bonchev–Trinajstić information content (AvgIpc) is 3.78. The molecule has 2 aromatic rings. The molecule has 6 N–H and O–H groups in total. The van der Waals surface area contributed by atoms with Crippen molar-refractivity contribution in [1.82, 2.24) is 30.2 Å². The second kappa shape index (κ2) is 26.2. The molecule has 0 saturated carbocycles. The van der Waals surface area contributed by atoms with Gasteiger partial charge in [-0.2, -0.15) is 0 Å². The van der Waals surface area contributed by atoms with Crippen LogP contribution in [0.3, 0.4) is 0 Å². The number of nitrogens with zero attached hydrogens (tertiary/aromatic N) is 4. The molecule has 0 spiro atoms. The summed E-state index contributed by atoms with van der Waals surface area (Å²) in [5.74, 6) is -1.23. The van der Waals surface area contributed by atoms with Crippen molar-refractivity contribution in [1.29, 1.82) is 0 Å². The number of ether oxygens (including phenoxy) is 1. The van der Waals surface area contributed by atoms with E-state index in [0.29, 0.717) is 5.75 Å². The first-order valence-corrected chi connectivity index (χ1v) is 26.3. The van der Waals surface area contributed by atoms with Crippen molar-refractivity contribution in [3.63, 3.8) is 0 Å². The minimum Gasteiger partial charge on any atom is -0.790 e. The maximum atomic E-state index is 12.6. The van der Waals surface area contributed by atoms with E-state index in [-0.39, 0.29) is 47.5 Å². The highest BCUT2D eigenvalue weighted by molar-refractivity contribution is 8.13. The number of fused-ring (bicyclic) bond motifs is 1. The summed E-state index contributed by atoms with van der Waals surface area (Å²) in [6.45, 7) is 4.28. The molecule has 366 valence electrons. The standard InChI is InChI=1S/C36H64N7O17P3S/c1-5-6-7-8-9-10-11-12-13-14-15-24(2)35(48)64-19-18-38-26(44)16-17-39-33(47)30(46)36(3,4)21-57-63(54,55)60-62(52,53)56-20-25-29(59-61(49,50)51)28(45)34(58-25)43-23-42-27-31(37)40-22-41-32(27)43/h22-25,28-30,34,45-46H,5-21H2,1-4H3,(H,38,44)(H,39,47)(H,52,53)(H,54,55)(H2,37,40,41)(H2,49,50,51)/p-4/t24-,25+,28+,29+,30-,34+/m0/s1. The third-order valence-electron chi connectivity index (χ3n) is 10.1. The lowest BCUT2D eigenvalue weighted by Gasteiger charge is -2.36. The van der Waals surface area contributed by atoms with E-state index < -0.39 is 84.6 Å². The van der Waals surface area contributed by atoms with Gasteiger partial charge >= 0.3 is 0 Å². The number of phosphoric ester groups is 3. The van der Waals surface area contributed by atoms with Crippen LogP contribution in [0.25, 0.3) is 11.2 Å². The molecule has 2 aromatic heterocycles. The summed E-state index contributed by atoms with van der Waals surface area (Å²) in [5, 5.41) is 26.5. The van der Waals surface area contributed by atoms with Crippen LogP contribution in [0.1, 0.15) is 111 Å². The maximum absolute atomic E-state index is 12.6. The Bertz CT molecular complexity index is 1960. The van der Waals surface area contributed by atoms with Gasteiger partial charge in [-0.3, -0.25) is 28.1 Å². The van der Waals surface area contributed by atoms with Crippen molar-refractivity contribution < 1.29 is 80.5 Å². The summed E-state index contributed by atoms with van der Waals surface area (Å²) in [7, 11) is -17.6. The molecule has 1 aliphatic rings. The van der Waals surface area contributed by atoms with E-state index in [1.807, 2.05) is 6.92 Å². The van der Waals surface area contributed by atoms with E-state index in [1.165, 1.54) is 65.2 Å². The zero-order valence-electron chi connectivity index (χ0n) is 36.3. The number of nitrogens with two attached hydrogens (primary N) is 1. The van der Waals surface area contributed by atoms with Crippen LogP contribution in [0.4, 0.5) is 5.82 Å². The van der Waals surface area contributed by atoms with Gasteiger partial charge in [0.2, 0.25) is 11.8 Å². The molecule has 24 nitrogen and oxygen atoms in total. The minimum absolute atomic E-state index is 0.0186. The molecule has 64 heavy (non-hydrogen) atoms. The molecule has 3 heterocycles. The summed E-state index contributed by atoms with van der Waals surface area (Å²) in [6, 6.07) is 0.